The Balaban J connectivity index is 1.71. The molecular weight excluding hydrogens is 470 g/mol. The number of carbonyl (C=O) groups is 1. The molecule has 0 aliphatic carbocycles. The number of nitrogens with one attached hydrogen (secondary N) is 1. The number of amides is 1. The number of pyridine rings is 1. The summed E-state index contributed by atoms with van der Waals surface area (Å²) < 4.78 is 40.3. The average molecular weight is 500 g/mol. The quantitative estimate of drug-likeness (QED) is 0.476. The molecule has 1 aliphatic heterocycles. The van der Waals surface area contributed by atoms with Gasteiger partial charge < -0.3 is 19.4 Å². The summed E-state index contributed by atoms with van der Waals surface area (Å²) in [4.78, 5) is 26.1. The van der Waals surface area contributed by atoms with Crippen LogP contribution in [-0.2, 0) is 39.0 Å². The van der Waals surface area contributed by atoms with Crippen molar-refractivity contribution < 1.29 is 22.7 Å². The van der Waals surface area contributed by atoms with Crippen molar-refractivity contribution in [2.24, 2.45) is 0 Å². The van der Waals surface area contributed by atoms with Gasteiger partial charge >= 0.3 is 0 Å². The fourth-order valence-electron chi connectivity index (χ4n) is 4.32. The minimum atomic E-state index is -3.84. The molecule has 2 heterocycles. The van der Waals surface area contributed by atoms with E-state index in [0.717, 1.165) is 11.1 Å². The monoisotopic (exact) mass is 499 g/mol. The van der Waals surface area contributed by atoms with Crippen molar-refractivity contribution in [3.05, 3.63) is 75.6 Å². The van der Waals surface area contributed by atoms with Gasteiger partial charge in [-0.15, -0.1) is 0 Å². The molecule has 0 radical (unpaired) electrons. The van der Waals surface area contributed by atoms with Gasteiger partial charge in [-0.05, 0) is 42.7 Å². The van der Waals surface area contributed by atoms with Crippen LogP contribution in [0.25, 0.3) is 10.9 Å². The zero-order valence-corrected chi connectivity index (χ0v) is 20.8. The number of sulfonamides is 1. The standard InChI is InChI=1S/C25H29N3O6S/c1-4-27-16-21(25(30)26-14-23(33-2)34-3)24(29)20-13-19(9-10-22(20)27)35(31,32)28-12-11-17-7-5-6-8-18(17)15-28/h5-10,13,16,23H,4,11-12,14-15H2,1-3H3,(H,26,30). The maximum absolute atomic E-state index is 13.5. The maximum atomic E-state index is 13.5. The largest absolute Gasteiger partial charge is 0.354 e. The van der Waals surface area contributed by atoms with Crippen LogP contribution in [0, 0.1) is 0 Å². The van der Waals surface area contributed by atoms with E-state index in [0.29, 0.717) is 25.0 Å². The normalized spacial score (nSPS) is 14.3. The Labute approximate surface area is 204 Å². The second kappa shape index (κ2) is 10.3. The Hall–Kier alpha value is -3.05. The van der Waals surface area contributed by atoms with Gasteiger partial charge in [-0.2, -0.15) is 4.31 Å². The highest BCUT2D eigenvalue weighted by Crippen LogP contribution is 2.26. The third kappa shape index (κ3) is 4.87. The van der Waals surface area contributed by atoms with Gasteiger partial charge in [0.1, 0.15) is 5.56 Å². The summed E-state index contributed by atoms with van der Waals surface area (Å²) in [5.41, 5.74) is 2.06. The van der Waals surface area contributed by atoms with Gasteiger partial charge in [-0.1, -0.05) is 24.3 Å². The number of benzene rings is 2. The maximum Gasteiger partial charge on any atom is 0.256 e. The molecule has 0 unspecified atom stereocenters. The van der Waals surface area contributed by atoms with Gasteiger partial charge in [0.05, 0.1) is 17.0 Å². The minimum Gasteiger partial charge on any atom is -0.354 e. The van der Waals surface area contributed by atoms with Gasteiger partial charge in [0.15, 0.2) is 6.29 Å². The number of aromatic nitrogens is 1. The van der Waals surface area contributed by atoms with E-state index in [4.69, 9.17) is 9.47 Å². The van der Waals surface area contributed by atoms with Crippen LogP contribution in [0.4, 0.5) is 0 Å². The number of carbonyl (C=O) groups excluding carboxylic acids is 1. The SMILES string of the molecule is CCn1cc(C(=O)NCC(OC)OC)c(=O)c2cc(S(=O)(=O)N3CCc4ccccc4C3)ccc21. The first-order valence-electron chi connectivity index (χ1n) is 11.4. The van der Waals surface area contributed by atoms with E-state index in [1.54, 1.807) is 10.6 Å². The van der Waals surface area contributed by atoms with Crippen LogP contribution in [0.1, 0.15) is 28.4 Å². The molecule has 0 bridgehead atoms. The summed E-state index contributed by atoms with van der Waals surface area (Å²) in [7, 11) is -0.947. The van der Waals surface area contributed by atoms with Crippen molar-refractivity contribution in [3.63, 3.8) is 0 Å². The number of hydrogen-bond donors (Lipinski definition) is 1. The van der Waals surface area contributed by atoms with Crippen LogP contribution < -0.4 is 10.7 Å². The number of fused-ring (bicyclic) bond motifs is 2. The molecule has 1 amide bonds. The first kappa shape index (κ1) is 25.1. The van der Waals surface area contributed by atoms with Crippen LogP contribution in [-0.4, -0.2) is 56.8 Å². The molecule has 1 aliphatic rings. The molecule has 1 aromatic heterocycles. The molecule has 186 valence electrons. The van der Waals surface area contributed by atoms with Gasteiger partial charge in [0.25, 0.3) is 5.91 Å². The Bertz CT molecular complexity index is 1410. The van der Waals surface area contributed by atoms with Crippen LogP contribution in [0.2, 0.25) is 0 Å². The van der Waals surface area contributed by atoms with E-state index in [2.05, 4.69) is 5.32 Å². The van der Waals surface area contributed by atoms with Gasteiger partial charge in [0, 0.05) is 45.4 Å². The third-order valence-electron chi connectivity index (χ3n) is 6.33. The topological polar surface area (TPSA) is 107 Å². The number of methoxy groups -OCH3 is 2. The number of ether oxygens (including phenoxy) is 2. The van der Waals surface area contributed by atoms with Crippen LogP contribution in [0.3, 0.4) is 0 Å². The molecule has 3 aromatic rings. The number of nitrogens with zero attached hydrogens (tertiary/aromatic N) is 2. The van der Waals surface area contributed by atoms with Crippen LogP contribution >= 0.6 is 0 Å². The lowest BCUT2D eigenvalue weighted by atomic mass is 10.0. The van der Waals surface area contributed by atoms with Crippen molar-refractivity contribution in [1.82, 2.24) is 14.2 Å². The fourth-order valence-corrected chi connectivity index (χ4v) is 5.76. The summed E-state index contributed by atoms with van der Waals surface area (Å²) in [6, 6.07) is 12.3. The van der Waals surface area contributed by atoms with Gasteiger partial charge in [-0.3, -0.25) is 9.59 Å². The predicted octanol–water partition coefficient (Wildman–Crippen LogP) is 2.12. The first-order chi connectivity index (χ1) is 16.8. The number of aryl methyl sites for hydroxylation is 1. The highest BCUT2D eigenvalue weighted by atomic mass is 32.2. The smallest absolute Gasteiger partial charge is 0.256 e. The second-order valence-electron chi connectivity index (χ2n) is 8.31. The first-order valence-corrected chi connectivity index (χ1v) is 12.8. The Morgan fingerprint density at radius 2 is 1.83 bits per heavy atom. The van der Waals surface area contributed by atoms with Gasteiger partial charge in [0.2, 0.25) is 15.5 Å². The molecular formula is C25H29N3O6S. The molecule has 10 heteroatoms. The van der Waals surface area contributed by atoms with E-state index in [1.807, 2.05) is 31.2 Å². The highest BCUT2D eigenvalue weighted by Gasteiger charge is 2.29. The average Bonchev–Trinajstić information content (AvgIpc) is 2.88. The Morgan fingerprint density at radius 1 is 1.11 bits per heavy atom. The Kier molecular flexibility index (Phi) is 7.36. The molecule has 1 N–H and O–H groups in total. The van der Waals surface area contributed by atoms with Gasteiger partial charge in [-0.25, -0.2) is 8.42 Å². The second-order valence-corrected chi connectivity index (χ2v) is 10.2. The molecule has 0 fully saturated rings. The summed E-state index contributed by atoms with van der Waals surface area (Å²) in [5, 5.41) is 2.81. The van der Waals surface area contributed by atoms with E-state index in [9.17, 15) is 18.0 Å². The van der Waals surface area contributed by atoms with Crippen molar-refractivity contribution in [2.45, 2.75) is 37.6 Å². The molecule has 2 aromatic carbocycles. The molecule has 0 saturated carbocycles. The molecule has 9 nitrogen and oxygen atoms in total. The lowest BCUT2D eigenvalue weighted by molar-refractivity contribution is -0.0974. The third-order valence-corrected chi connectivity index (χ3v) is 8.17. The molecule has 0 atom stereocenters. The molecule has 35 heavy (non-hydrogen) atoms. The lowest BCUT2D eigenvalue weighted by Crippen LogP contribution is -2.37. The van der Waals surface area contributed by atoms with E-state index >= 15 is 0 Å². The summed E-state index contributed by atoms with van der Waals surface area (Å²) in [6.45, 7) is 3.07. The van der Waals surface area contributed by atoms with E-state index in [-0.39, 0.29) is 28.9 Å². The minimum absolute atomic E-state index is 0.0283. The zero-order valence-electron chi connectivity index (χ0n) is 20.0. The predicted molar refractivity (Wildman–Crippen MR) is 132 cm³/mol. The van der Waals surface area contributed by atoms with E-state index in [1.165, 1.54) is 36.9 Å². The van der Waals surface area contributed by atoms with Crippen molar-refractivity contribution in [2.75, 3.05) is 27.3 Å². The van der Waals surface area contributed by atoms with Crippen molar-refractivity contribution in [3.8, 4) is 0 Å². The van der Waals surface area contributed by atoms with Crippen molar-refractivity contribution in [1.29, 1.82) is 0 Å². The summed E-state index contributed by atoms with van der Waals surface area (Å²) in [6.07, 6.45) is 1.46. The van der Waals surface area contributed by atoms with Crippen LogP contribution in [0.5, 0.6) is 0 Å². The van der Waals surface area contributed by atoms with Crippen LogP contribution in [0.15, 0.2) is 58.4 Å². The molecule has 0 spiro atoms. The lowest BCUT2D eigenvalue weighted by Gasteiger charge is -2.28. The number of hydrogen-bond acceptors (Lipinski definition) is 6. The zero-order chi connectivity index (χ0) is 25.2. The summed E-state index contributed by atoms with van der Waals surface area (Å²) in [5.74, 6) is -0.584. The number of rotatable bonds is 8. The fraction of sp³-hybridized carbons (Fsp3) is 0.360. The molecule has 0 saturated heterocycles. The van der Waals surface area contributed by atoms with Crippen molar-refractivity contribution >= 4 is 26.8 Å². The Morgan fingerprint density at radius 3 is 2.51 bits per heavy atom. The highest BCUT2D eigenvalue weighted by molar-refractivity contribution is 7.89. The molecule has 4 rings (SSSR count). The van der Waals surface area contributed by atoms with E-state index < -0.39 is 27.6 Å². The summed E-state index contributed by atoms with van der Waals surface area (Å²) >= 11 is 0.